The van der Waals surface area contributed by atoms with Gasteiger partial charge in [-0.2, -0.15) is 21.3 Å². The van der Waals surface area contributed by atoms with E-state index in [9.17, 15) is 21.3 Å². The van der Waals surface area contributed by atoms with Crippen molar-refractivity contribution in [2.24, 2.45) is 4.52 Å². The predicted molar refractivity (Wildman–Crippen MR) is 30.6 cm³/mol. The summed E-state index contributed by atoms with van der Waals surface area (Å²) in [4.78, 5) is 0. The molecule has 1 unspecified atom stereocenters. The van der Waals surface area contributed by atoms with Crippen molar-refractivity contribution < 1.29 is 21.3 Å². The molecule has 0 saturated carbocycles. The first-order chi connectivity index (χ1) is 4.59. The lowest BCUT2D eigenvalue weighted by Gasteiger charge is -2.05. The first kappa shape index (κ1) is 10.6. The van der Waals surface area contributed by atoms with E-state index in [4.69, 9.17) is 0 Å². The highest BCUT2D eigenvalue weighted by atomic mass is 31.2. The monoisotopic (exact) mass is 216 g/mol. The highest BCUT2D eigenvalue weighted by Crippen LogP contribution is 2.61. The topological polar surface area (TPSA) is 15.6 Å². The van der Waals surface area contributed by atoms with Gasteiger partial charge in [0.15, 0.2) is 0 Å². The minimum atomic E-state index is -4.16. The standard InChI is InChI=1S/F5N2P3/c1-7(9(3)4)10(5)6-8-2. The molecule has 0 rings (SSSR count). The molecule has 0 aromatic carbocycles. The van der Waals surface area contributed by atoms with Crippen LogP contribution in [0.2, 0.25) is 0 Å². The normalized spacial score (nSPS) is 15.5. The molecule has 0 aliphatic rings. The lowest BCUT2D eigenvalue weighted by Crippen LogP contribution is -1.87. The Hall–Kier alpha value is 0.570. The summed E-state index contributed by atoms with van der Waals surface area (Å²) >= 11 is 0. The summed E-state index contributed by atoms with van der Waals surface area (Å²) in [5.41, 5.74) is 0. The minimum Gasteiger partial charge on any atom is -0.178 e. The van der Waals surface area contributed by atoms with Gasteiger partial charge in [-0.1, -0.05) is 0 Å². The van der Waals surface area contributed by atoms with Crippen LogP contribution in [0.1, 0.15) is 0 Å². The summed E-state index contributed by atoms with van der Waals surface area (Å²) in [7, 11) is -8.94. The van der Waals surface area contributed by atoms with Gasteiger partial charge in [-0.05, 0) is 0 Å². The second-order valence-electron chi connectivity index (χ2n) is 0.861. The molecule has 0 aromatic rings. The van der Waals surface area contributed by atoms with Crippen LogP contribution in [0.4, 0.5) is 21.3 Å². The second-order valence-corrected chi connectivity index (χ2v) is 3.66. The average Bonchev–Trinajstić information content (AvgIpc) is 1.87. The van der Waals surface area contributed by atoms with Crippen molar-refractivity contribution >= 4 is 25.9 Å². The van der Waals surface area contributed by atoms with Crippen LogP contribution in [-0.2, 0) is 0 Å². The third-order valence-electron chi connectivity index (χ3n) is 0.369. The molecular formula is F5N2P3. The number of nitrogens with zero attached hydrogens (tertiary/aromatic N) is 2. The van der Waals surface area contributed by atoms with E-state index in [0.29, 0.717) is 0 Å². The largest absolute Gasteiger partial charge is 0.381 e. The van der Waals surface area contributed by atoms with Crippen molar-refractivity contribution in [2.75, 3.05) is 0 Å². The van der Waals surface area contributed by atoms with Gasteiger partial charge in [0.1, 0.15) is 0 Å². The van der Waals surface area contributed by atoms with E-state index >= 15 is 0 Å². The maximum Gasteiger partial charge on any atom is 0.381 e. The fraction of sp³-hybridized carbons (Fsp3) is 0. The van der Waals surface area contributed by atoms with E-state index in [2.05, 4.69) is 4.52 Å². The van der Waals surface area contributed by atoms with E-state index in [1.165, 1.54) is 0 Å². The van der Waals surface area contributed by atoms with Gasteiger partial charge in [0.2, 0.25) is 8.68 Å². The molecule has 0 aromatic heterocycles. The van der Waals surface area contributed by atoms with Gasteiger partial charge in [0.05, 0.1) is 0 Å². The SMILES string of the molecule is FP=NP(F)N(F)P(F)F. The van der Waals surface area contributed by atoms with Crippen molar-refractivity contribution in [3.05, 3.63) is 0 Å². The van der Waals surface area contributed by atoms with Gasteiger partial charge >= 0.3 is 17.2 Å². The van der Waals surface area contributed by atoms with Crippen LogP contribution in [0.5, 0.6) is 0 Å². The van der Waals surface area contributed by atoms with Crippen LogP contribution in [0, 0.1) is 0 Å². The van der Waals surface area contributed by atoms with E-state index < -0.39 is 30.6 Å². The van der Waals surface area contributed by atoms with E-state index in [0.717, 1.165) is 0 Å². The van der Waals surface area contributed by atoms with Gasteiger partial charge in [0, 0.05) is 4.66 Å². The Morgan fingerprint density at radius 1 is 1.30 bits per heavy atom. The molecule has 0 spiro atoms. The van der Waals surface area contributed by atoms with Gasteiger partial charge in [-0.25, -0.2) is 0 Å². The van der Waals surface area contributed by atoms with Crippen LogP contribution in [0.3, 0.4) is 0 Å². The molecule has 0 amide bonds. The Morgan fingerprint density at radius 2 is 1.80 bits per heavy atom. The summed E-state index contributed by atoms with van der Waals surface area (Å²) in [6.45, 7) is 0. The molecule has 10 heavy (non-hydrogen) atoms. The summed E-state index contributed by atoms with van der Waals surface area (Å²) in [5, 5.41) is 0. The highest BCUT2D eigenvalue weighted by molar-refractivity contribution is 7.63. The molecule has 1 atom stereocenters. The maximum atomic E-state index is 11.8. The molecule has 0 heterocycles. The summed E-state index contributed by atoms with van der Waals surface area (Å²) in [6.07, 6.45) is 0. The molecule has 0 bridgehead atoms. The predicted octanol–water partition coefficient (Wildman–Crippen LogP) is 4.55. The van der Waals surface area contributed by atoms with Crippen molar-refractivity contribution in [1.82, 2.24) is 4.66 Å². The zero-order valence-electron chi connectivity index (χ0n) is 4.13. The van der Waals surface area contributed by atoms with Gasteiger partial charge in [-0.3, -0.25) is 0 Å². The fourth-order valence-corrected chi connectivity index (χ4v) is 1.37. The minimum absolute atomic E-state index is 1.29. The van der Waals surface area contributed by atoms with Crippen LogP contribution < -0.4 is 0 Å². The van der Waals surface area contributed by atoms with Crippen molar-refractivity contribution in [3.8, 4) is 0 Å². The van der Waals surface area contributed by atoms with Gasteiger partial charge in [-0.15, -0.1) is 4.48 Å². The number of rotatable bonds is 3. The maximum absolute atomic E-state index is 11.8. The lowest BCUT2D eigenvalue weighted by atomic mass is 13.7. The number of hydrogen-bond donors (Lipinski definition) is 0. The quantitative estimate of drug-likeness (QED) is 0.383. The number of hydrogen-bond acceptors (Lipinski definition) is 2. The molecule has 0 radical (unpaired) electrons. The smallest absolute Gasteiger partial charge is 0.178 e. The summed E-state index contributed by atoms with van der Waals surface area (Å²) in [5.74, 6) is 0. The zero-order chi connectivity index (χ0) is 8.15. The zero-order valence-corrected chi connectivity index (χ0v) is 6.81. The molecule has 2 nitrogen and oxygen atoms in total. The molecule has 0 saturated heterocycles. The van der Waals surface area contributed by atoms with Crippen LogP contribution in [0.25, 0.3) is 0 Å². The molecular weight excluding hydrogens is 216 g/mol. The third-order valence-corrected chi connectivity index (χ3v) is 2.60. The van der Waals surface area contributed by atoms with Gasteiger partial charge in [0.25, 0.3) is 0 Å². The molecule has 0 fully saturated rings. The van der Waals surface area contributed by atoms with Crippen LogP contribution >= 0.6 is 25.9 Å². The Bertz CT molecular complexity index is 115. The Balaban J connectivity index is 3.81. The van der Waals surface area contributed by atoms with Crippen molar-refractivity contribution in [2.45, 2.75) is 0 Å². The van der Waals surface area contributed by atoms with E-state index in [-0.39, 0.29) is 0 Å². The molecule has 0 N–H and O–H groups in total. The first-order valence-corrected chi connectivity index (χ1v) is 4.60. The molecule has 10 heteroatoms. The third kappa shape index (κ3) is 3.67. The molecule has 0 aliphatic heterocycles. The van der Waals surface area contributed by atoms with Crippen LogP contribution in [-0.4, -0.2) is 4.66 Å². The average molecular weight is 216 g/mol. The van der Waals surface area contributed by atoms with Crippen molar-refractivity contribution in [1.29, 1.82) is 0 Å². The Labute approximate surface area is 57.4 Å². The van der Waals surface area contributed by atoms with Crippen molar-refractivity contribution in [3.63, 3.8) is 0 Å². The van der Waals surface area contributed by atoms with Gasteiger partial charge < -0.3 is 0 Å². The Kier molecular flexibility index (Phi) is 5.55. The second kappa shape index (κ2) is 5.25. The summed E-state index contributed by atoms with van der Waals surface area (Å²) < 4.78 is 57.7. The fourth-order valence-electron chi connectivity index (χ4n) is 0.117. The summed E-state index contributed by atoms with van der Waals surface area (Å²) in [6, 6.07) is 0. The van der Waals surface area contributed by atoms with E-state index in [1.807, 2.05) is 0 Å². The number of halogens is 5. The Morgan fingerprint density at radius 3 is 2.10 bits per heavy atom. The first-order valence-electron chi connectivity index (χ1n) is 1.65. The molecule has 0 aliphatic carbocycles. The lowest BCUT2D eigenvalue weighted by molar-refractivity contribution is 0.248. The molecule has 60 valence electrons. The van der Waals surface area contributed by atoms with Crippen LogP contribution in [0.15, 0.2) is 4.52 Å². The van der Waals surface area contributed by atoms with E-state index in [1.54, 1.807) is 0 Å². The highest BCUT2D eigenvalue weighted by Gasteiger charge is 2.28.